The van der Waals surface area contributed by atoms with Gasteiger partial charge in [0.2, 0.25) is 0 Å². The topological polar surface area (TPSA) is 37.3 Å². The number of aryl methyl sites for hydroxylation is 1. The van der Waals surface area contributed by atoms with E-state index in [-0.39, 0.29) is 5.56 Å². The van der Waals surface area contributed by atoms with Crippen molar-refractivity contribution in [2.45, 2.75) is 11.8 Å². The Balaban J connectivity index is 3.26. The van der Waals surface area contributed by atoms with Crippen LogP contribution < -0.4 is 0 Å². The number of alkyl halides is 2. The SMILES string of the molecule is Cc1ccc(C(=O)O)c(C(Cl)Cl)c1. The minimum Gasteiger partial charge on any atom is -0.478 e. The van der Waals surface area contributed by atoms with Gasteiger partial charge in [0.25, 0.3) is 0 Å². The van der Waals surface area contributed by atoms with Gasteiger partial charge >= 0.3 is 5.97 Å². The lowest BCUT2D eigenvalue weighted by Gasteiger charge is -2.07. The summed E-state index contributed by atoms with van der Waals surface area (Å²) in [6, 6.07) is 4.89. The fourth-order valence-electron chi connectivity index (χ4n) is 1.06. The number of hydrogen-bond acceptors (Lipinski definition) is 1. The summed E-state index contributed by atoms with van der Waals surface area (Å²) in [6.45, 7) is 1.85. The van der Waals surface area contributed by atoms with Gasteiger partial charge in [-0.3, -0.25) is 0 Å². The second kappa shape index (κ2) is 3.99. The Morgan fingerprint density at radius 3 is 2.54 bits per heavy atom. The maximum Gasteiger partial charge on any atom is 0.336 e. The van der Waals surface area contributed by atoms with Crippen molar-refractivity contribution in [2.24, 2.45) is 0 Å². The van der Waals surface area contributed by atoms with E-state index >= 15 is 0 Å². The highest BCUT2D eigenvalue weighted by Crippen LogP contribution is 2.28. The van der Waals surface area contributed by atoms with Crippen molar-refractivity contribution in [1.82, 2.24) is 0 Å². The molecule has 0 amide bonds. The molecule has 0 unspecified atom stereocenters. The van der Waals surface area contributed by atoms with Gasteiger partial charge in [0.1, 0.15) is 4.84 Å². The summed E-state index contributed by atoms with van der Waals surface area (Å²) < 4.78 is 0. The van der Waals surface area contributed by atoms with Gasteiger partial charge in [-0.05, 0) is 18.6 Å². The Bertz CT molecular complexity index is 334. The van der Waals surface area contributed by atoms with Crippen LogP contribution in [0.3, 0.4) is 0 Å². The van der Waals surface area contributed by atoms with Crippen molar-refractivity contribution in [3.05, 3.63) is 34.9 Å². The summed E-state index contributed by atoms with van der Waals surface area (Å²) in [6.07, 6.45) is 0. The zero-order valence-electron chi connectivity index (χ0n) is 6.92. The van der Waals surface area contributed by atoms with Crippen LogP contribution in [0.4, 0.5) is 0 Å². The minimum absolute atomic E-state index is 0.153. The molecule has 0 atom stereocenters. The molecule has 0 heterocycles. The van der Waals surface area contributed by atoms with E-state index in [1.807, 2.05) is 6.92 Å². The van der Waals surface area contributed by atoms with Gasteiger partial charge in [-0.2, -0.15) is 0 Å². The molecule has 1 rings (SSSR count). The lowest BCUT2D eigenvalue weighted by molar-refractivity contribution is 0.0696. The van der Waals surface area contributed by atoms with Gasteiger partial charge < -0.3 is 5.11 Å². The van der Waals surface area contributed by atoms with Crippen molar-refractivity contribution in [1.29, 1.82) is 0 Å². The molecule has 0 radical (unpaired) electrons. The van der Waals surface area contributed by atoms with E-state index in [1.54, 1.807) is 12.1 Å². The summed E-state index contributed by atoms with van der Waals surface area (Å²) in [4.78, 5) is 9.92. The predicted octanol–water partition coefficient (Wildman–Crippen LogP) is 3.17. The smallest absolute Gasteiger partial charge is 0.336 e. The van der Waals surface area contributed by atoms with Crippen molar-refractivity contribution in [2.75, 3.05) is 0 Å². The second-order valence-electron chi connectivity index (χ2n) is 2.70. The lowest BCUT2D eigenvalue weighted by Crippen LogP contribution is -2.02. The third-order valence-corrected chi connectivity index (χ3v) is 2.14. The molecule has 2 nitrogen and oxygen atoms in total. The van der Waals surface area contributed by atoms with Crippen LogP contribution in [-0.2, 0) is 0 Å². The molecule has 1 aromatic carbocycles. The molecular weight excluding hydrogens is 211 g/mol. The number of halogens is 2. The Morgan fingerprint density at radius 2 is 2.08 bits per heavy atom. The van der Waals surface area contributed by atoms with Crippen LogP contribution in [0.2, 0.25) is 0 Å². The zero-order valence-corrected chi connectivity index (χ0v) is 8.43. The third-order valence-electron chi connectivity index (χ3n) is 1.67. The highest BCUT2D eigenvalue weighted by atomic mass is 35.5. The first-order valence-electron chi connectivity index (χ1n) is 3.64. The first-order chi connectivity index (χ1) is 6.02. The van der Waals surface area contributed by atoms with E-state index < -0.39 is 10.8 Å². The van der Waals surface area contributed by atoms with Crippen LogP contribution in [0.1, 0.15) is 26.3 Å². The fourth-order valence-corrected chi connectivity index (χ4v) is 1.42. The Labute approximate surface area is 86.1 Å². The average molecular weight is 219 g/mol. The molecule has 0 aliphatic heterocycles. The quantitative estimate of drug-likeness (QED) is 0.775. The van der Waals surface area contributed by atoms with Crippen LogP contribution >= 0.6 is 23.2 Å². The van der Waals surface area contributed by atoms with Crippen molar-refractivity contribution in [3.8, 4) is 0 Å². The van der Waals surface area contributed by atoms with Gasteiger partial charge in [-0.15, -0.1) is 23.2 Å². The van der Waals surface area contributed by atoms with Crippen LogP contribution in [0.5, 0.6) is 0 Å². The summed E-state index contributed by atoms with van der Waals surface area (Å²) in [5.41, 5.74) is 1.53. The van der Waals surface area contributed by atoms with E-state index in [0.717, 1.165) is 5.56 Å². The van der Waals surface area contributed by atoms with E-state index in [4.69, 9.17) is 28.3 Å². The number of carboxylic acids is 1. The fraction of sp³-hybridized carbons (Fsp3) is 0.222. The summed E-state index contributed by atoms with van der Waals surface area (Å²) in [7, 11) is 0. The molecule has 70 valence electrons. The highest BCUT2D eigenvalue weighted by Gasteiger charge is 2.14. The predicted molar refractivity (Wildman–Crippen MR) is 52.6 cm³/mol. The average Bonchev–Trinajstić information content (AvgIpc) is 2.03. The van der Waals surface area contributed by atoms with Crippen molar-refractivity contribution < 1.29 is 9.90 Å². The first kappa shape index (κ1) is 10.4. The Hall–Kier alpha value is -0.730. The summed E-state index contributed by atoms with van der Waals surface area (Å²) in [5, 5.41) is 8.79. The number of carbonyl (C=O) groups is 1. The summed E-state index contributed by atoms with van der Waals surface area (Å²) >= 11 is 11.3. The zero-order chi connectivity index (χ0) is 10.0. The van der Waals surface area contributed by atoms with Gasteiger partial charge in [-0.25, -0.2) is 4.79 Å². The summed E-state index contributed by atoms with van der Waals surface area (Å²) in [5.74, 6) is -1.01. The van der Waals surface area contributed by atoms with E-state index in [1.165, 1.54) is 6.07 Å². The molecule has 0 aliphatic carbocycles. The molecule has 0 aromatic heterocycles. The lowest BCUT2D eigenvalue weighted by atomic mass is 10.1. The van der Waals surface area contributed by atoms with E-state index in [0.29, 0.717) is 5.56 Å². The van der Waals surface area contributed by atoms with E-state index in [9.17, 15) is 4.79 Å². The van der Waals surface area contributed by atoms with Crippen LogP contribution in [0.25, 0.3) is 0 Å². The van der Waals surface area contributed by atoms with Gasteiger partial charge in [0.05, 0.1) is 5.56 Å². The monoisotopic (exact) mass is 218 g/mol. The Kier molecular flexibility index (Phi) is 3.17. The molecule has 0 saturated carbocycles. The molecule has 1 N–H and O–H groups in total. The maximum absolute atomic E-state index is 10.7. The molecule has 0 aliphatic rings. The first-order valence-corrected chi connectivity index (χ1v) is 4.51. The van der Waals surface area contributed by atoms with Gasteiger partial charge in [-0.1, -0.05) is 17.7 Å². The molecule has 0 bridgehead atoms. The van der Waals surface area contributed by atoms with Crippen LogP contribution in [0, 0.1) is 6.92 Å². The van der Waals surface area contributed by atoms with E-state index in [2.05, 4.69) is 0 Å². The van der Waals surface area contributed by atoms with Crippen LogP contribution in [-0.4, -0.2) is 11.1 Å². The number of benzene rings is 1. The molecule has 1 aromatic rings. The van der Waals surface area contributed by atoms with Crippen molar-refractivity contribution >= 4 is 29.2 Å². The number of aromatic carboxylic acids is 1. The minimum atomic E-state index is -1.01. The second-order valence-corrected chi connectivity index (χ2v) is 3.79. The third kappa shape index (κ3) is 2.36. The maximum atomic E-state index is 10.7. The molecule has 13 heavy (non-hydrogen) atoms. The number of rotatable bonds is 2. The standard InChI is InChI=1S/C9H8Cl2O2/c1-5-2-3-6(9(12)13)7(4-5)8(10)11/h2-4,8H,1H3,(H,12,13). The number of carboxylic acid groups (broad SMARTS) is 1. The molecule has 4 heteroatoms. The molecule has 0 fully saturated rings. The van der Waals surface area contributed by atoms with Crippen LogP contribution in [0.15, 0.2) is 18.2 Å². The Morgan fingerprint density at radius 1 is 1.46 bits per heavy atom. The molecule has 0 saturated heterocycles. The largest absolute Gasteiger partial charge is 0.478 e. The highest BCUT2D eigenvalue weighted by molar-refractivity contribution is 6.44. The number of hydrogen-bond donors (Lipinski definition) is 1. The van der Waals surface area contributed by atoms with Crippen molar-refractivity contribution in [3.63, 3.8) is 0 Å². The van der Waals surface area contributed by atoms with Gasteiger partial charge in [0, 0.05) is 0 Å². The molecule has 0 spiro atoms. The molecular formula is C9H8Cl2O2. The van der Waals surface area contributed by atoms with Gasteiger partial charge in [0.15, 0.2) is 0 Å². The normalized spacial score (nSPS) is 10.5.